The van der Waals surface area contributed by atoms with Gasteiger partial charge >= 0.3 is 0 Å². The van der Waals surface area contributed by atoms with Crippen LogP contribution >= 0.6 is 0 Å². The molecule has 1 saturated carbocycles. The molecule has 7 heteroatoms. The van der Waals surface area contributed by atoms with Crippen LogP contribution < -0.4 is 10.0 Å². The smallest absolute Gasteiger partial charge is 0.241 e. The van der Waals surface area contributed by atoms with Gasteiger partial charge in [0.25, 0.3) is 0 Å². The quantitative estimate of drug-likeness (QED) is 0.172. The number of fused-ring (bicyclic) bond motifs is 1. The second-order valence-electron chi connectivity index (χ2n) is 13.7. The summed E-state index contributed by atoms with van der Waals surface area (Å²) in [6, 6.07) is 33.1. The lowest BCUT2D eigenvalue weighted by atomic mass is 9.71. The lowest BCUT2D eigenvalue weighted by molar-refractivity contribution is -0.122. The van der Waals surface area contributed by atoms with Gasteiger partial charge in [0.15, 0.2) is 0 Å². The zero-order chi connectivity index (χ0) is 32.0. The lowest BCUT2D eigenvalue weighted by Crippen LogP contribution is -2.51. The van der Waals surface area contributed by atoms with Gasteiger partial charge in [0.2, 0.25) is 15.9 Å². The minimum atomic E-state index is -3.92. The molecule has 0 bridgehead atoms. The van der Waals surface area contributed by atoms with E-state index >= 15 is 0 Å². The summed E-state index contributed by atoms with van der Waals surface area (Å²) >= 11 is 0. The van der Waals surface area contributed by atoms with Gasteiger partial charge in [-0.05, 0) is 111 Å². The second-order valence-corrected chi connectivity index (χ2v) is 15.3. The van der Waals surface area contributed by atoms with Gasteiger partial charge in [0.05, 0.1) is 10.4 Å². The summed E-state index contributed by atoms with van der Waals surface area (Å²) in [5, 5.41) is 4.96. The van der Waals surface area contributed by atoms with Gasteiger partial charge in [-0.2, -0.15) is 0 Å². The number of rotatable bonds is 12. The average molecular weight is 638 g/mol. The molecule has 242 valence electrons. The van der Waals surface area contributed by atoms with Crippen molar-refractivity contribution in [2.75, 3.05) is 19.6 Å². The first-order valence-electron chi connectivity index (χ1n) is 16.9. The number of hydrogen-bond acceptors (Lipinski definition) is 4. The van der Waals surface area contributed by atoms with Crippen molar-refractivity contribution in [2.24, 2.45) is 5.92 Å². The normalized spacial score (nSPS) is 22.0. The van der Waals surface area contributed by atoms with Crippen molar-refractivity contribution in [1.82, 2.24) is 14.9 Å². The Labute approximate surface area is 274 Å². The van der Waals surface area contributed by atoms with Gasteiger partial charge in [-0.25, -0.2) is 13.1 Å². The minimum absolute atomic E-state index is 0.00361. The molecule has 4 aromatic carbocycles. The van der Waals surface area contributed by atoms with Gasteiger partial charge in [-0.15, -0.1) is 0 Å². The highest BCUT2D eigenvalue weighted by Gasteiger charge is 2.41. The fourth-order valence-electron chi connectivity index (χ4n) is 7.77. The van der Waals surface area contributed by atoms with E-state index < -0.39 is 15.6 Å². The molecule has 6 rings (SSSR count). The van der Waals surface area contributed by atoms with Crippen LogP contribution in [0.3, 0.4) is 0 Å². The standard InChI is InChI=1S/C39H47N3O3S/c1-38(35-16-6-3-7-17-35,41-46(44,45)36-19-18-33-14-8-9-15-34(33)28-36)30-37(43)40-25-22-31-20-23-39(24-21-31,42-26-10-11-27-42)29-32-12-4-2-5-13-32/h2-9,12-19,28,31,41H,10-11,20-27,29-30H2,1H3,(H,40,43). The van der Waals surface area contributed by atoms with Crippen LogP contribution in [0, 0.1) is 5.92 Å². The van der Waals surface area contributed by atoms with E-state index in [4.69, 9.17) is 0 Å². The van der Waals surface area contributed by atoms with Crippen molar-refractivity contribution in [1.29, 1.82) is 0 Å². The fourth-order valence-corrected chi connectivity index (χ4v) is 9.20. The first-order chi connectivity index (χ1) is 22.2. The Hall–Kier alpha value is -3.52. The average Bonchev–Trinajstić information content (AvgIpc) is 3.62. The number of nitrogens with zero attached hydrogens (tertiary/aromatic N) is 1. The molecule has 2 fully saturated rings. The summed E-state index contributed by atoms with van der Waals surface area (Å²) in [6.45, 7) is 4.81. The van der Waals surface area contributed by atoms with E-state index in [1.807, 2.05) is 60.7 Å². The van der Waals surface area contributed by atoms with Crippen LogP contribution in [0.4, 0.5) is 0 Å². The molecule has 2 N–H and O–H groups in total. The number of amides is 1. The molecule has 0 spiro atoms. The first kappa shape index (κ1) is 32.4. The van der Waals surface area contributed by atoms with Gasteiger partial charge in [-0.1, -0.05) is 91.0 Å². The number of likely N-dealkylation sites (tertiary alicyclic amines) is 1. The van der Waals surface area contributed by atoms with Crippen molar-refractivity contribution in [2.45, 2.75) is 80.7 Å². The van der Waals surface area contributed by atoms with E-state index in [1.165, 1.54) is 57.2 Å². The molecule has 1 aliphatic heterocycles. The highest BCUT2D eigenvalue weighted by Crippen LogP contribution is 2.41. The van der Waals surface area contributed by atoms with Gasteiger partial charge in [0.1, 0.15) is 0 Å². The molecule has 1 heterocycles. The third kappa shape index (κ3) is 7.54. The SMILES string of the molecule is CC(CC(=O)NCCC1CCC(Cc2ccccc2)(N2CCCC2)CC1)(NS(=O)(=O)c1ccc2ccccc2c1)c1ccccc1. The minimum Gasteiger partial charge on any atom is -0.356 e. The van der Waals surface area contributed by atoms with Crippen LogP contribution in [0.5, 0.6) is 0 Å². The maximum Gasteiger partial charge on any atom is 0.241 e. The molecule has 1 atom stereocenters. The maximum atomic E-state index is 13.7. The van der Waals surface area contributed by atoms with E-state index in [2.05, 4.69) is 45.3 Å². The lowest BCUT2D eigenvalue weighted by Gasteiger charge is -2.47. The van der Waals surface area contributed by atoms with Gasteiger partial charge < -0.3 is 5.32 Å². The molecule has 1 aliphatic carbocycles. The van der Waals surface area contributed by atoms with Crippen molar-refractivity contribution in [3.05, 3.63) is 114 Å². The van der Waals surface area contributed by atoms with Crippen LogP contribution in [-0.2, 0) is 26.8 Å². The van der Waals surface area contributed by atoms with Crippen LogP contribution in [-0.4, -0.2) is 44.4 Å². The van der Waals surface area contributed by atoms with E-state index in [0.29, 0.717) is 12.5 Å². The topological polar surface area (TPSA) is 78.5 Å². The first-order valence-corrected chi connectivity index (χ1v) is 18.4. The zero-order valence-electron chi connectivity index (χ0n) is 27.0. The summed E-state index contributed by atoms with van der Waals surface area (Å²) in [4.78, 5) is 16.3. The fraction of sp³-hybridized carbons (Fsp3) is 0.410. The third-order valence-corrected chi connectivity index (χ3v) is 12.0. The molecule has 2 aliphatic rings. The van der Waals surface area contributed by atoms with Crippen molar-refractivity contribution >= 4 is 26.7 Å². The number of carbonyl (C=O) groups excluding carboxylic acids is 1. The Balaban J connectivity index is 1.07. The van der Waals surface area contributed by atoms with Crippen molar-refractivity contribution < 1.29 is 13.2 Å². The predicted molar refractivity (Wildman–Crippen MR) is 186 cm³/mol. The molecular formula is C39H47N3O3S. The number of benzene rings is 4. The highest BCUT2D eigenvalue weighted by molar-refractivity contribution is 7.89. The molecule has 0 aromatic heterocycles. The van der Waals surface area contributed by atoms with E-state index in [0.717, 1.165) is 29.2 Å². The third-order valence-electron chi connectivity index (χ3n) is 10.4. The molecule has 4 aromatic rings. The Morgan fingerprint density at radius 3 is 2.17 bits per heavy atom. The summed E-state index contributed by atoms with van der Waals surface area (Å²) in [5.74, 6) is 0.428. The second kappa shape index (κ2) is 14.1. The van der Waals surface area contributed by atoms with E-state index in [1.54, 1.807) is 19.1 Å². The van der Waals surface area contributed by atoms with E-state index in [-0.39, 0.29) is 22.8 Å². The number of hydrogen-bond donors (Lipinski definition) is 2. The molecule has 6 nitrogen and oxygen atoms in total. The molecule has 1 saturated heterocycles. The molecule has 46 heavy (non-hydrogen) atoms. The Kier molecular flexibility index (Phi) is 9.92. The van der Waals surface area contributed by atoms with Gasteiger partial charge in [-0.3, -0.25) is 9.69 Å². The zero-order valence-corrected chi connectivity index (χ0v) is 27.8. The van der Waals surface area contributed by atoms with Crippen LogP contribution in [0.15, 0.2) is 108 Å². The van der Waals surface area contributed by atoms with Crippen molar-refractivity contribution in [3.63, 3.8) is 0 Å². The Morgan fingerprint density at radius 1 is 0.848 bits per heavy atom. The van der Waals surface area contributed by atoms with E-state index in [9.17, 15) is 13.2 Å². The molecule has 0 radical (unpaired) electrons. The Bertz CT molecular complexity index is 1710. The molecule has 1 unspecified atom stereocenters. The summed E-state index contributed by atoms with van der Waals surface area (Å²) in [7, 11) is -3.92. The number of nitrogens with one attached hydrogen (secondary N) is 2. The van der Waals surface area contributed by atoms with Crippen LogP contribution in [0.25, 0.3) is 10.8 Å². The maximum absolute atomic E-state index is 13.7. The molecule has 1 amide bonds. The number of sulfonamides is 1. The predicted octanol–water partition coefficient (Wildman–Crippen LogP) is 7.20. The van der Waals surface area contributed by atoms with Crippen molar-refractivity contribution in [3.8, 4) is 0 Å². The largest absolute Gasteiger partial charge is 0.356 e. The van der Waals surface area contributed by atoms with Gasteiger partial charge in [0, 0.05) is 18.5 Å². The van der Waals surface area contributed by atoms with Crippen LogP contribution in [0.1, 0.15) is 69.4 Å². The molecular weight excluding hydrogens is 591 g/mol. The Morgan fingerprint density at radius 2 is 1.48 bits per heavy atom. The highest BCUT2D eigenvalue weighted by atomic mass is 32.2. The summed E-state index contributed by atoms with van der Waals surface area (Å²) in [6.07, 6.45) is 9.40. The number of carbonyl (C=O) groups is 1. The summed E-state index contributed by atoms with van der Waals surface area (Å²) in [5.41, 5.74) is 1.31. The van der Waals surface area contributed by atoms with Crippen LogP contribution in [0.2, 0.25) is 0 Å². The monoisotopic (exact) mass is 637 g/mol. The summed E-state index contributed by atoms with van der Waals surface area (Å²) < 4.78 is 30.3.